The van der Waals surface area contributed by atoms with Crippen LogP contribution in [0.5, 0.6) is 23.0 Å². The first-order valence-electron chi connectivity index (χ1n) is 10.9. The molecule has 2 amide bonds. The third-order valence-corrected chi connectivity index (χ3v) is 6.49. The highest BCUT2D eigenvalue weighted by Crippen LogP contribution is 2.48. The van der Waals surface area contributed by atoms with E-state index in [4.69, 9.17) is 9.47 Å². The lowest BCUT2D eigenvalue weighted by Gasteiger charge is -2.26. The minimum absolute atomic E-state index is 0.0359. The summed E-state index contributed by atoms with van der Waals surface area (Å²) in [5.41, 5.74) is 1.58. The molecule has 4 N–H and O–H groups in total. The van der Waals surface area contributed by atoms with Crippen LogP contribution in [-0.2, 0) is 22.7 Å². The van der Waals surface area contributed by atoms with E-state index in [9.17, 15) is 19.8 Å². The topological polar surface area (TPSA) is 117 Å². The minimum Gasteiger partial charge on any atom is -0.504 e. The number of carbonyl (C=O) groups is 2. The number of hydrogen-bond acceptors (Lipinski definition) is 6. The fourth-order valence-electron chi connectivity index (χ4n) is 4.82. The van der Waals surface area contributed by atoms with Gasteiger partial charge < -0.3 is 30.3 Å². The molecule has 0 aromatic heterocycles. The van der Waals surface area contributed by atoms with Crippen molar-refractivity contribution in [3.8, 4) is 23.0 Å². The molecule has 2 aromatic carbocycles. The maximum absolute atomic E-state index is 13.1. The van der Waals surface area contributed by atoms with E-state index in [-0.39, 0.29) is 48.2 Å². The zero-order chi connectivity index (χ0) is 23.5. The van der Waals surface area contributed by atoms with Crippen molar-refractivity contribution in [2.45, 2.75) is 19.5 Å². The quantitative estimate of drug-likeness (QED) is 0.457. The molecule has 1 saturated carbocycles. The third-order valence-electron chi connectivity index (χ3n) is 6.49. The van der Waals surface area contributed by atoms with Crippen molar-refractivity contribution in [3.63, 3.8) is 0 Å². The predicted octanol–water partition coefficient (Wildman–Crippen LogP) is 2.49. The summed E-state index contributed by atoms with van der Waals surface area (Å²) in [7, 11) is 2.94. The molecule has 8 heteroatoms. The summed E-state index contributed by atoms with van der Waals surface area (Å²) in [4.78, 5) is 26.2. The summed E-state index contributed by atoms with van der Waals surface area (Å²) in [6.07, 6.45) is 4.86. The van der Waals surface area contributed by atoms with Gasteiger partial charge in [-0.1, -0.05) is 24.3 Å². The third kappa shape index (κ3) is 4.60. The summed E-state index contributed by atoms with van der Waals surface area (Å²) < 4.78 is 10.2. The molecule has 1 fully saturated rings. The van der Waals surface area contributed by atoms with Crippen LogP contribution in [0, 0.1) is 23.7 Å². The van der Waals surface area contributed by atoms with E-state index in [1.54, 1.807) is 24.3 Å². The van der Waals surface area contributed by atoms with Gasteiger partial charge in [-0.2, -0.15) is 0 Å². The van der Waals surface area contributed by atoms with Crippen LogP contribution >= 0.6 is 0 Å². The number of rotatable bonds is 8. The Balaban J connectivity index is 1.40. The van der Waals surface area contributed by atoms with Gasteiger partial charge in [0.05, 0.1) is 26.1 Å². The monoisotopic (exact) mass is 452 g/mol. The molecule has 0 unspecified atom stereocenters. The molecule has 4 atom stereocenters. The van der Waals surface area contributed by atoms with Gasteiger partial charge in [0.2, 0.25) is 11.8 Å². The molecule has 8 nitrogen and oxygen atoms in total. The number of hydrogen-bond donors (Lipinski definition) is 4. The predicted molar refractivity (Wildman–Crippen MR) is 121 cm³/mol. The molecule has 174 valence electrons. The minimum atomic E-state index is -0.437. The number of fused-ring (bicyclic) bond motifs is 2. The Kier molecular flexibility index (Phi) is 6.44. The molecule has 2 aliphatic rings. The van der Waals surface area contributed by atoms with Crippen molar-refractivity contribution in [1.82, 2.24) is 10.6 Å². The Hall–Kier alpha value is -3.68. The number of nitrogens with one attached hydrogen (secondary N) is 2. The average molecular weight is 453 g/mol. The van der Waals surface area contributed by atoms with Crippen LogP contribution in [0.4, 0.5) is 0 Å². The van der Waals surface area contributed by atoms with E-state index in [0.29, 0.717) is 11.5 Å². The lowest BCUT2D eigenvalue weighted by Crippen LogP contribution is -2.43. The van der Waals surface area contributed by atoms with Crippen LogP contribution in [0.3, 0.4) is 0 Å². The molecule has 2 bridgehead atoms. The van der Waals surface area contributed by atoms with Gasteiger partial charge in [0.15, 0.2) is 23.0 Å². The second-order valence-electron chi connectivity index (χ2n) is 8.45. The van der Waals surface area contributed by atoms with Crippen molar-refractivity contribution in [1.29, 1.82) is 0 Å². The van der Waals surface area contributed by atoms with Crippen molar-refractivity contribution in [3.05, 3.63) is 59.7 Å². The number of benzene rings is 2. The fraction of sp³-hybridized carbons (Fsp3) is 0.360. The van der Waals surface area contributed by atoms with Gasteiger partial charge in [-0.15, -0.1) is 0 Å². The molecule has 33 heavy (non-hydrogen) atoms. The Morgan fingerprint density at radius 1 is 0.818 bits per heavy atom. The molecule has 0 heterocycles. The molecule has 2 aromatic rings. The summed E-state index contributed by atoms with van der Waals surface area (Å²) >= 11 is 0. The number of phenolic OH excluding ortho intramolecular Hbond substituents is 2. The van der Waals surface area contributed by atoms with E-state index in [0.717, 1.165) is 17.5 Å². The van der Waals surface area contributed by atoms with E-state index >= 15 is 0 Å². The lowest BCUT2D eigenvalue weighted by atomic mass is 9.81. The Bertz CT molecular complexity index is 999. The van der Waals surface area contributed by atoms with Gasteiger partial charge in [-0.3, -0.25) is 9.59 Å². The van der Waals surface area contributed by atoms with Crippen molar-refractivity contribution < 1.29 is 29.3 Å². The Labute approximate surface area is 192 Å². The normalized spacial score (nSPS) is 22.7. The highest BCUT2D eigenvalue weighted by Gasteiger charge is 2.51. The van der Waals surface area contributed by atoms with Gasteiger partial charge in [0, 0.05) is 13.1 Å². The van der Waals surface area contributed by atoms with Gasteiger partial charge in [-0.05, 0) is 53.6 Å². The van der Waals surface area contributed by atoms with E-state index in [1.807, 2.05) is 12.2 Å². The van der Waals surface area contributed by atoms with Gasteiger partial charge in [0.25, 0.3) is 0 Å². The first-order chi connectivity index (χ1) is 15.9. The van der Waals surface area contributed by atoms with Gasteiger partial charge >= 0.3 is 0 Å². The van der Waals surface area contributed by atoms with Crippen molar-refractivity contribution in [2.75, 3.05) is 14.2 Å². The van der Waals surface area contributed by atoms with Crippen LogP contribution in [0.15, 0.2) is 48.6 Å². The maximum Gasteiger partial charge on any atom is 0.224 e. The number of methoxy groups -OCH3 is 2. The summed E-state index contributed by atoms with van der Waals surface area (Å²) in [6.45, 7) is 0.545. The second kappa shape index (κ2) is 9.44. The highest BCUT2D eigenvalue weighted by molar-refractivity contribution is 5.89. The maximum atomic E-state index is 13.1. The van der Waals surface area contributed by atoms with E-state index < -0.39 is 11.8 Å². The van der Waals surface area contributed by atoms with Gasteiger partial charge in [-0.25, -0.2) is 0 Å². The molecular formula is C25H28N2O6. The molecule has 4 rings (SSSR count). The molecule has 0 saturated heterocycles. The fourth-order valence-corrected chi connectivity index (χ4v) is 4.82. The second-order valence-corrected chi connectivity index (χ2v) is 8.45. The van der Waals surface area contributed by atoms with Crippen molar-refractivity contribution in [2.24, 2.45) is 23.7 Å². The first-order valence-corrected chi connectivity index (χ1v) is 10.9. The first kappa shape index (κ1) is 22.5. The van der Waals surface area contributed by atoms with E-state index in [2.05, 4.69) is 10.6 Å². The van der Waals surface area contributed by atoms with Crippen LogP contribution in [0.2, 0.25) is 0 Å². The smallest absolute Gasteiger partial charge is 0.224 e. The zero-order valence-electron chi connectivity index (χ0n) is 18.6. The summed E-state index contributed by atoms with van der Waals surface area (Å²) in [5.74, 6) is -0.372. The molecule has 2 aliphatic carbocycles. The largest absolute Gasteiger partial charge is 0.504 e. The standard InChI is InChI=1S/C25H28N2O6/c1-32-20-9-14(3-7-18(20)28)12-26-24(30)22-16-5-6-17(11-16)23(22)25(31)27-13-15-4-8-19(29)21(10-15)33-2/h3-10,16-17,22-23,28-29H,11-13H2,1-2H3,(H,26,30)(H,27,31)/t16-,17+,22-,23+. The Morgan fingerprint density at radius 2 is 1.24 bits per heavy atom. The number of allylic oxidation sites excluding steroid dienone is 2. The van der Waals surface area contributed by atoms with Crippen LogP contribution < -0.4 is 20.1 Å². The van der Waals surface area contributed by atoms with E-state index in [1.165, 1.54) is 26.4 Å². The number of aromatic hydroxyl groups is 2. The van der Waals surface area contributed by atoms with Gasteiger partial charge in [0.1, 0.15) is 0 Å². The molecule has 0 radical (unpaired) electrons. The molecule has 0 aliphatic heterocycles. The highest BCUT2D eigenvalue weighted by atomic mass is 16.5. The van der Waals surface area contributed by atoms with Crippen molar-refractivity contribution >= 4 is 11.8 Å². The molecule has 0 spiro atoms. The Morgan fingerprint density at radius 3 is 1.64 bits per heavy atom. The number of amides is 2. The molecular weight excluding hydrogens is 424 g/mol. The van der Waals surface area contributed by atoms with Crippen LogP contribution in [0.25, 0.3) is 0 Å². The SMILES string of the molecule is COc1cc(CNC(=O)[C@@H]2[C@H](C(=O)NCc3ccc(O)c(OC)c3)[C@@H]3C=C[C@H]2C3)ccc1O. The van der Waals surface area contributed by atoms with Crippen LogP contribution in [-0.4, -0.2) is 36.2 Å². The summed E-state index contributed by atoms with van der Waals surface area (Å²) in [5, 5.41) is 25.4. The lowest BCUT2D eigenvalue weighted by molar-refractivity contribution is -0.135. The summed E-state index contributed by atoms with van der Waals surface area (Å²) in [6, 6.07) is 9.83. The van der Waals surface area contributed by atoms with Crippen LogP contribution in [0.1, 0.15) is 17.5 Å². The number of carbonyl (C=O) groups excluding carboxylic acids is 2. The zero-order valence-corrected chi connectivity index (χ0v) is 18.6. The number of phenols is 2. The average Bonchev–Trinajstić information content (AvgIpc) is 3.44. The number of ether oxygens (including phenoxy) is 2.